The number of amides is 3. The first kappa shape index (κ1) is 18.2. The molecule has 1 saturated heterocycles. The van der Waals surface area contributed by atoms with Gasteiger partial charge >= 0.3 is 0 Å². The average Bonchev–Trinajstić information content (AvgIpc) is 2.95. The van der Waals surface area contributed by atoms with Crippen molar-refractivity contribution in [2.75, 3.05) is 5.32 Å². The second-order valence-corrected chi connectivity index (χ2v) is 8.40. The van der Waals surface area contributed by atoms with Crippen molar-refractivity contribution >= 4 is 23.4 Å². The first-order chi connectivity index (χ1) is 13.0. The first-order valence-electron chi connectivity index (χ1n) is 10.3. The molecular formula is C22H28N2O3. The highest BCUT2D eigenvalue weighted by Gasteiger charge is 2.50. The van der Waals surface area contributed by atoms with Crippen LogP contribution in [0.1, 0.15) is 56.9 Å². The Morgan fingerprint density at radius 3 is 2.00 bits per heavy atom. The van der Waals surface area contributed by atoms with E-state index in [9.17, 15) is 14.4 Å². The van der Waals surface area contributed by atoms with E-state index in [4.69, 9.17) is 0 Å². The van der Waals surface area contributed by atoms with Crippen LogP contribution in [0.2, 0.25) is 0 Å². The minimum Gasteiger partial charge on any atom is -0.326 e. The van der Waals surface area contributed by atoms with E-state index in [1.54, 1.807) is 4.90 Å². The number of aryl methyl sites for hydroxylation is 1. The lowest BCUT2D eigenvalue weighted by Gasteiger charge is -2.33. The molecule has 1 aromatic carbocycles. The normalized spacial score (nSPS) is 30.9. The zero-order valence-corrected chi connectivity index (χ0v) is 15.9. The number of rotatable bonds is 3. The van der Waals surface area contributed by atoms with Gasteiger partial charge in [-0.05, 0) is 57.6 Å². The Balaban J connectivity index is 1.34. The van der Waals surface area contributed by atoms with Gasteiger partial charge in [-0.25, -0.2) is 0 Å². The molecule has 3 fully saturated rings. The second kappa shape index (κ2) is 7.45. The summed E-state index contributed by atoms with van der Waals surface area (Å²) in [7, 11) is 0. The summed E-state index contributed by atoms with van der Waals surface area (Å²) in [6.07, 6.45) is 6.77. The van der Waals surface area contributed by atoms with Gasteiger partial charge in [0.25, 0.3) is 0 Å². The smallest absolute Gasteiger partial charge is 0.233 e. The van der Waals surface area contributed by atoms with Crippen LogP contribution in [0.25, 0.3) is 0 Å². The van der Waals surface area contributed by atoms with Crippen LogP contribution >= 0.6 is 0 Å². The minimum atomic E-state index is -0.0752. The Morgan fingerprint density at radius 2 is 1.44 bits per heavy atom. The lowest BCUT2D eigenvalue weighted by Crippen LogP contribution is -2.43. The van der Waals surface area contributed by atoms with Crippen LogP contribution in [-0.2, 0) is 14.4 Å². The maximum absolute atomic E-state index is 12.8. The predicted octanol–water partition coefficient (Wildman–Crippen LogP) is 3.67. The minimum absolute atomic E-state index is 0.0148. The number of carbonyl (C=O) groups excluding carboxylic acids is 3. The molecule has 0 spiro atoms. The molecule has 0 radical (unpaired) electrons. The van der Waals surface area contributed by atoms with Crippen molar-refractivity contribution in [1.82, 2.24) is 4.90 Å². The topological polar surface area (TPSA) is 66.5 Å². The van der Waals surface area contributed by atoms with E-state index in [1.807, 2.05) is 31.2 Å². The molecule has 2 aliphatic carbocycles. The van der Waals surface area contributed by atoms with Gasteiger partial charge in [-0.15, -0.1) is 0 Å². The molecule has 3 aliphatic rings. The molecule has 4 rings (SSSR count). The fourth-order valence-electron chi connectivity index (χ4n) is 5.03. The third kappa shape index (κ3) is 3.52. The SMILES string of the molecule is Cc1ccc(NC(=O)C2CCC(N3C(=O)[C@@H]4CCCC[C@H]4C3=O)CC2)cc1. The van der Waals surface area contributed by atoms with Crippen LogP contribution in [-0.4, -0.2) is 28.7 Å². The van der Waals surface area contributed by atoms with Crippen molar-refractivity contribution in [3.05, 3.63) is 29.8 Å². The van der Waals surface area contributed by atoms with Crippen molar-refractivity contribution in [3.63, 3.8) is 0 Å². The van der Waals surface area contributed by atoms with Crippen LogP contribution in [0, 0.1) is 24.7 Å². The molecule has 5 heteroatoms. The molecule has 2 atom stereocenters. The molecule has 1 aromatic rings. The van der Waals surface area contributed by atoms with Crippen molar-refractivity contribution < 1.29 is 14.4 Å². The number of nitrogens with one attached hydrogen (secondary N) is 1. The van der Waals surface area contributed by atoms with Gasteiger partial charge in [-0.1, -0.05) is 30.5 Å². The summed E-state index contributed by atoms with van der Waals surface area (Å²) in [6.45, 7) is 2.02. The summed E-state index contributed by atoms with van der Waals surface area (Å²) in [4.78, 5) is 39.7. The van der Waals surface area contributed by atoms with Crippen LogP contribution in [0.15, 0.2) is 24.3 Å². The van der Waals surface area contributed by atoms with Crippen molar-refractivity contribution in [3.8, 4) is 0 Å². The standard InChI is InChI=1S/C22H28N2O3/c1-14-6-10-16(11-7-14)23-20(25)15-8-12-17(13-9-15)24-21(26)18-4-2-3-5-19(18)22(24)27/h6-7,10-11,15,17-19H,2-5,8-9,12-13H2,1H3,(H,23,25)/t15?,17?,18-,19-/m1/s1. The molecular weight excluding hydrogens is 340 g/mol. The molecule has 3 amide bonds. The lowest BCUT2D eigenvalue weighted by atomic mass is 9.81. The number of hydrogen-bond acceptors (Lipinski definition) is 3. The monoisotopic (exact) mass is 368 g/mol. The molecule has 27 heavy (non-hydrogen) atoms. The fraction of sp³-hybridized carbons (Fsp3) is 0.591. The van der Waals surface area contributed by atoms with Gasteiger partial charge in [0.05, 0.1) is 11.8 Å². The number of carbonyl (C=O) groups is 3. The van der Waals surface area contributed by atoms with Gasteiger partial charge in [-0.3, -0.25) is 19.3 Å². The van der Waals surface area contributed by atoms with E-state index in [1.165, 1.54) is 0 Å². The van der Waals surface area contributed by atoms with Crippen LogP contribution < -0.4 is 5.32 Å². The zero-order valence-electron chi connectivity index (χ0n) is 15.9. The van der Waals surface area contributed by atoms with Crippen LogP contribution in [0.3, 0.4) is 0 Å². The largest absolute Gasteiger partial charge is 0.326 e. The summed E-state index contributed by atoms with van der Waals surface area (Å²) in [6, 6.07) is 7.79. The number of imide groups is 1. The van der Waals surface area contributed by atoms with Crippen molar-refractivity contribution in [2.45, 2.75) is 64.3 Å². The average molecular weight is 368 g/mol. The maximum Gasteiger partial charge on any atom is 0.233 e. The predicted molar refractivity (Wildman–Crippen MR) is 103 cm³/mol. The van der Waals surface area contributed by atoms with Crippen LogP contribution in [0.5, 0.6) is 0 Å². The summed E-state index contributed by atoms with van der Waals surface area (Å²) >= 11 is 0. The Kier molecular flexibility index (Phi) is 5.02. The summed E-state index contributed by atoms with van der Waals surface area (Å²) in [5, 5.41) is 3.00. The molecule has 0 bridgehead atoms. The van der Waals surface area contributed by atoms with Crippen molar-refractivity contribution in [1.29, 1.82) is 0 Å². The first-order valence-corrected chi connectivity index (χ1v) is 10.3. The van der Waals surface area contributed by atoms with E-state index in [-0.39, 0.29) is 41.5 Å². The van der Waals surface area contributed by atoms with Gasteiger partial charge in [0.15, 0.2) is 0 Å². The quantitative estimate of drug-likeness (QED) is 0.828. The number of anilines is 1. The molecule has 0 aromatic heterocycles. The third-order valence-corrected chi connectivity index (χ3v) is 6.63. The highest BCUT2D eigenvalue weighted by molar-refractivity contribution is 6.05. The number of fused-ring (bicyclic) bond motifs is 1. The van der Waals surface area contributed by atoms with Gasteiger partial charge < -0.3 is 5.32 Å². The fourth-order valence-corrected chi connectivity index (χ4v) is 5.03. The summed E-state index contributed by atoms with van der Waals surface area (Å²) in [5.74, 6) is -0.0418. The Hall–Kier alpha value is -2.17. The summed E-state index contributed by atoms with van der Waals surface area (Å²) in [5.41, 5.74) is 1.98. The molecule has 2 saturated carbocycles. The molecule has 144 valence electrons. The highest BCUT2D eigenvalue weighted by atomic mass is 16.2. The Bertz CT molecular complexity index is 710. The molecule has 0 unspecified atom stereocenters. The number of nitrogens with zero attached hydrogens (tertiary/aromatic N) is 1. The zero-order chi connectivity index (χ0) is 19.0. The van der Waals surface area contributed by atoms with E-state index in [0.29, 0.717) is 0 Å². The highest BCUT2D eigenvalue weighted by Crippen LogP contribution is 2.41. The number of hydrogen-bond donors (Lipinski definition) is 1. The molecule has 1 heterocycles. The Labute approximate surface area is 160 Å². The maximum atomic E-state index is 12.8. The van der Waals surface area contributed by atoms with Gasteiger partial charge in [0.2, 0.25) is 17.7 Å². The lowest BCUT2D eigenvalue weighted by molar-refractivity contribution is -0.143. The number of likely N-dealkylation sites (tertiary alicyclic amines) is 1. The van der Waals surface area contributed by atoms with E-state index < -0.39 is 0 Å². The van der Waals surface area contributed by atoms with Crippen molar-refractivity contribution in [2.24, 2.45) is 17.8 Å². The Morgan fingerprint density at radius 1 is 0.889 bits per heavy atom. The third-order valence-electron chi connectivity index (χ3n) is 6.63. The van der Waals surface area contributed by atoms with Crippen LogP contribution in [0.4, 0.5) is 5.69 Å². The second-order valence-electron chi connectivity index (χ2n) is 8.40. The van der Waals surface area contributed by atoms with E-state index in [2.05, 4.69) is 5.32 Å². The molecule has 1 aliphatic heterocycles. The summed E-state index contributed by atoms with van der Waals surface area (Å²) < 4.78 is 0. The number of benzene rings is 1. The van der Waals surface area contributed by atoms with Gasteiger partial charge in [0.1, 0.15) is 0 Å². The van der Waals surface area contributed by atoms with Gasteiger partial charge in [0, 0.05) is 17.6 Å². The molecule has 1 N–H and O–H groups in total. The van der Waals surface area contributed by atoms with E-state index in [0.717, 1.165) is 62.6 Å². The molecule has 5 nitrogen and oxygen atoms in total. The van der Waals surface area contributed by atoms with Gasteiger partial charge in [-0.2, -0.15) is 0 Å². The van der Waals surface area contributed by atoms with E-state index >= 15 is 0 Å².